The van der Waals surface area contributed by atoms with Crippen molar-refractivity contribution in [3.63, 3.8) is 0 Å². The maximum Gasteiger partial charge on any atom is 0.244 e. The molecule has 2 aromatic carbocycles. The van der Waals surface area contributed by atoms with Crippen molar-refractivity contribution < 1.29 is 19.0 Å². The van der Waals surface area contributed by atoms with Gasteiger partial charge in [-0.2, -0.15) is 0 Å². The molecule has 0 fully saturated rings. The topological polar surface area (TPSA) is 69.7 Å². The molecule has 27 heavy (non-hydrogen) atoms. The number of carbonyl (C=O) groups excluding carboxylic acids is 1. The number of benzene rings is 2. The van der Waals surface area contributed by atoms with E-state index in [-0.39, 0.29) is 12.5 Å². The summed E-state index contributed by atoms with van der Waals surface area (Å²) in [6, 6.07) is 11.4. The van der Waals surface area contributed by atoms with Crippen molar-refractivity contribution in [2.24, 2.45) is 0 Å². The molecular weight excluding hydrogens is 364 g/mol. The molecule has 0 aliphatic carbocycles. The average Bonchev–Trinajstić information content (AvgIpc) is 3.13. The van der Waals surface area contributed by atoms with Gasteiger partial charge in [-0.05, 0) is 18.2 Å². The standard InChI is InChI=1S/C20H20N2O4S/c1-24-13-10-16(25-2)14(17(11-13)26-3)12-21-19(23)8-9-20-22-15-6-4-5-7-18(15)27-20/h4-11H,12H2,1-3H3,(H,21,23)/b9-8+. The zero-order chi connectivity index (χ0) is 19.2. The molecular formula is C20H20N2O4S. The van der Waals surface area contributed by atoms with Gasteiger partial charge in [0.15, 0.2) is 0 Å². The van der Waals surface area contributed by atoms with Crippen LogP contribution in [0.4, 0.5) is 0 Å². The molecule has 1 amide bonds. The third-order valence-corrected chi connectivity index (χ3v) is 4.95. The molecule has 6 nitrogen and oxygen atoms in total. The summed E-state index contributed by atoms with van der Waals surface area (Å²) in [6.07, 6.45) is 3.18. The number of carbonyl (C=O) groups is 1. The first kappa shape index (κ1) is 18.7. The SMILES string of the molecule is COc1cc(OC)c(CNC(=O)/C=C/c2nc3ccccc3s2)c(OC)c1. The van der Waals surface area contributed by atoms with E-state index < -0.39 is 0 Å². The quantitative estimate of drug-likeness (QED) is 0.630. The predicted octanol–water partition coefficient (Wildman–Crippen LogP) is 3.65. The van der Waals surface area contributed by atoms with Crippen molar-refractivity contribution in [2.45, 2.75) is 6.54 Å². The molecule has 0 saturated carbocycles. The number of thiazole rings is 1. The van der Waals surface area contributed by atoms with Crippen LogP contribution in [0.25, 0.3) is 16.3 Å². The van der Waals surface area contributed by atoms with E-state index in [4.69, 9.17) is 14.2 Å². The molecule has 3 aromatic rings. The summed E-state index contributed by atoms with van der Waals surface area (Å²) >= 11 is 1.54. The Morgan fingerprint density at radius 2 is 1.81 bits per heavy atom. The van der Waals surface area contributed by atoms with E-state index in [0.29, 0.717) is 17.2 Å². The van der Waals surface area contributed by atoms with E-state index in [9.17, 15) is 4.79 Å². The first-order chi connectivity index (χ1) is 13.1. The van der Waals surface area contributed by atoms with Crippen LogP contribution in [0, 0.1) is 0 Å². The molecule has 7 heteroatoms. The molecule has 0 unspecified atom stereocenters. The number of nitrogens with one attached hydrogen (secondary N) is 1. The van der Waals surface area contributed by atoms with Gasteiger partial charge in [-0.15, -0.1) is 11.3 Å². The lowest BCUT2D eigenvalue weighted by molar-refractivity contribution is -0.116. The van der Waals surface area contributed by atoms with Crippen molar-refractivity contribution in [1.29, 1.82) is 0 Å². The molecule has 1 heterocycles. The van der Waals surface area contributed by atoms with Crippen LogP contribution in [0.5, 0.6) is 17.2 Å². The molecule has 3 rings (SSSR count). The minimum Gasteiger partial charge on any atom is -0.496 e. The normalized spacial score (nSPS) is 10.9. The molecule has 140 valence electrons. The number of fused-ring (bicyclic) bond motifs is 1. The maximum atomic E-state index is 12.2. The summed E-state index contributed by atoms with van der Waals surface area (Å²) in [7, 11) is 4.70. The van der Waals surface area contributed by atoms with Crippen LogP contribution >= 0.6 is 11.3 Å². The van der Waals surface area contributed by atoms with E-state index in [1.54, 1.807) is 39.5 Å². The van der Waals surface area contributed by atoms with Crippen LogP contribution in [-0.4, -0.2) is 32.2 Å². The number of rotatable bonds is 7. The molecule has 0 aliphatic heterocycles. The van der Waals surface area contributed by atoms with Gasteiger partial charge in [-0.1, -0.05) is 12.1 Å². The first-order valence-corrected chi connectivity index (χ1v) is 9.06. The number of amides is 1. The molecule has 0 atom stereocenters. The zero-order valence-corrected chi connectivity index (χ0v) is 16.1. The summed E-state index contributed by atoms with van der Waals surface area (Å²) in [4.78, 5) is 16.7. The largest absolute Gasteiger partial charge is 0.496 e. The van der Waals surface area contributed by atoms with Crippen LogP contribution in [0.1, 0.15) is 10.6 Å². The Labute approximate surface area is 161 Å². The number of para-hydroxylation sites is 1. The summed E-state index contributed by atoms with van der Waals surface area (Å²) in [5.41, 5.74) is 1.66. The minimum absolute atomic E-state index is 0.228. The predicted molar refractivity (Wildman–Crippen MR) is 107 cm³/mol. The summed E-state index contributed by atoms with van der Waals surface area (Å²) in [5, 5.41) is 3.62. The van der Waals surface area contributed by atoms with Crippen LogP contribution < -0.4 is 19.5 Å². The zero-order valence-electron chi connectivity index (χ0n) is 15.3. The third kappa shape index (κ3) is 4.38. The Bertz CT molecular complexity index is 923. The molecule has 0 radical (unpaired) electrons. The Hall–Kier alpha value is -3.06. The molecule has 1 N–H and O–H groups in total. The van der Waals surface area contributed by atoms with Crippen LogP contribution in [0.2, 0.25) is 0 Å². The number of methoxy groups -OCH3 is 3. The molecule has 0 saturated heterocycles. The summed E-state index contributed by atoms with van der Waals surface area (Å²) in [5.74, 6) is 1.56. The van der Waals surface area contributed by atoms with Crippen molar-refractivity contribution in [3.05, 3.63) is 53.0 Å². The van der Waals surface area contributed by atoms with Crippen molar-refractivity contribution >= 4 is 33.5 Å². The van der Waals surface area contributed by atoms with Gasteiger partial charge in [-0.25, -0.2) is 4.98 Å². The van der Waals surface area contributed by atoms with Gasteiger partial charge in [0.1, 0.15) is 22.3 Å². The minimum atomic E-state index is -0.228. The van der Waals surface area contributed by atoms with Crippen molar-refractivity contribution in [2.75, 3.05) is 21.3 Å². The maximum absolute atomic E-state index is 12.2. The van der Waals surface area contributed by atoms with Crippen molar-refractivity contribution in [3.8, 4) is 17.2 Å². The fourth-order valence-corrected chi connectivity index (χ4v) is 3.47. The van der Waals surface area contributed by atoms with Gasteiger partial charge in [0.2, 0.25) is 5.91 Å². The smallest absolute Gasteiger partial charge is 0.244 e. The Morgan fingerprint density at radius 3 is 2.44 bits per heavy atom. The Balaban J connectivity index is 1.70. The Kier molecular flexibility index (Phi) is 5.93. The second kappa shape index (κ2) is 8.55. The number of ether oxygens (including phenoxy) is 3. The number of hydrogen-bond donors (Lipinski definition) is 1. The van der Waals surface area contributed by atoms with E-state index in [2.05, 4.69) is 10.3 Å². The van der Waals surface area contributed by atoms with Crippen LogP contribution in [0.15, 0.2) is 42.5 Å². The average molecular weight is 384 g/mol. The highest BCUT2D eigenvalue weighted by molar-refractivity contribution is 7.19. The monoisotopic (exact) mass is 384 g/mol. The van der Waals surface area contributed by atoms with Gasteiger partial charge in [-0.3, -0.25) is 4.79 Å². The Morgan fingerprint density at radius 1 is 1.11 bits per heavy atom. The number of aromatic nitrogens is 1. The van der Waals surface area contributed by atoms with Gasteiger partial charge in [0, 0.05) is 18.2 Å². The lowest BCUT2D eigenvalue weighted by atomic mass is 10.1. The van der Waals surface area contributed by atoms with Gasteiger partial charge < -0.3 is 19.5 Å². The summed E-state index contributed by atoms with van der Waals surface area (Å²) in [6.45, 7) is 0.263. The lowest BCUT2D eigenvalue weighted by Gasteiger charge is -2.15. The van der Waals surface area contributed by atoms with Crippen LogP contribution in [0.3, 0.4) is 0 Å². The van der Waals surface area contributed by atoms with E-state index in [1.165, 1.54) is 17.4 Å². The lowest BCUT2D eigenvalue weighted by Crippen LogP contribution is -2.21. The fourth-order valence-electron chi connectivity index (χ4n) is 2.59. The van der Waals surface area contributed by atoms with Gasteiger partial charge >= 0.3 is 0 Å². The van der Waals surface area contributed by atoms with E-state index in [0.717, 1.165) is 20.8 Å². The van der Waals surface area contributed by atoms with E-state index >= 15 is 0 Å². The highest BCUT2D eigenvalue weighted by Gasteiger charge is 2.13. The molecule has 0 bridgehead atoms. The fraction of sp³-hybridized carbons (Fsp3) is 0.200. The number of hydrogen-bond acceptors (Lipinski definition) is 6. The molecule has 0 spiro atoms. The van der Waals surface area contributed by atoms with Gasteiger partial charge in [0.05, 0.1) is 43.7 Å². The third-order valence-electron chi connectivity index (χ3n) is 3.94. The van der Waals surface area contributed by atoms with E-state index in [1.807, 2.05) is 24.3 Å². The summed E-state index contributed by atoms with van der Waals surface area (Å²) < 4.78 is 17.1. The molecule has 1 aromatic heterocycles. The van der Waals surface area contributed by atoms with Crippen molar-refractivity contribution in [1.82, 2.24) is 10.3 Å². The first-order valence-electron chi connectivity index (χ1n) is 8.25. The second-order valence-corrected chi connectivity index (χ2v) is 6.64. The highest BCUT2D eigenvalue weighted by Crippen LogP contribution is 2.33. The van der Waals surface area contributed by atoms with Crippen LogP contribution in [-0.2, 0) is 11.3 Å². The molecule has 0 aliphatic rings. The van der Waals surface area contributed by atoms with Gasteiger partial charge in [0.25, 0.3) is 0 Å². The second-order valence-electron chi connectivity index (χ2n) is 5.58. The highest BCUT2D eigenvalue weighted by atomic mass is 32.1. The number of nitrogens with zero attached hydrogens (tertiary/aromatic N) is 1.